The van der Waals surface area contributed by atoms with Crippen LogP contribution in [0.1, 0.15) is 56.3 Å². The lowest BCUT2D eigenvalue weighted by Gasteiger charge is -2.47. The Kier molecular flexibility index (Phi) is 5.72. The molecule has 1 spiro atoms. The Bertz CT molecular complexity index is 754. The van der Waals surface area contributed by atoms with Gasteiger partial charge in [0, 0.05) is 12.0 Å². The predicted octanol–water partition coefficient (Wildman–Crippen LogP) is 5.72. The van der Waals surface area contributed by atoms with Crippen molar-refractivity contribution >= 4 is 15.9 Å². The molecule has 0 amide bonds. The van der Waals surface area contributed by atoms with Crippen LogP contribution in [0.5, 0.6) is 0 Å². The number of furan rings is 1. The lowest BCUT2D eigenvalue weighted by Crippen LogP contribution is -2.47. The first-order valence-corrected chi connectivity index (χ1v) is 10.7. The SMILES string of the molecule is Fc1ccc([C@]2(CCNCc3ccc(Br)o3)CCOC3(CCCC3)C2)cc1. The molecule has 2 heterocycles. The zero-order valence-corrected chi connectivity index (χ0v) is 17.2. The maximum atomic E-state index is 13.5. The highest BCUT2D eigenvalue weighted by atomic mass is 79.9. The van der Waals surface area contributed by atoms with E-state index in [4.69, 9.17) is 9.15 Å². The topological polar surface area (TPSA) is 34.4 Å². The van der Waals surface area contributed by atoms with Crippen LogP contribution in [-0.4, -0.2) is 18.8 Å². The van der Waals surface area contributed by atoms with Crippen molar-refractivity contribution in [3.63, 3.8) is 0 Å². The third-order valence-corrected chi connectivity index (χ3v) is 6.76. The number of ether oxygens (including phenoxy) is 1. The average Bonchev–Trinajstić information content (AvgIpc) is 3.28. The van der Waals surface area contributed by atoms with Gasteiger partial charge in [-0.3, -0.25) is 0 Å². The van der Waals surface area contributed by atoms with Gasteiger partial charge >= 0.3 is 0 Å². The molecule has 1 N–H and O–H groups in total. The van der Waals surface area contributed by atoms with Crippen molar-refractivity contribution in [2.45, 2.75) is 62.5 Å². The molecule has 1 saturated carbocycles. The van der Waals surface area contributed by atoms with Gasteiger partial charge in [-0.2, -0.15) is 0 Å². The summed E-state index contributed by atoms with van der Waals surface area (Å²) in [6.07, 6.45) is 7.88. The van der Waals surface area contributed by atoms with Gasteiger partial charge in [-0.15, -0.1) is 0 Å². The van der Waals surface area contributed by atoms with E-state index < -0.39 is 0 Å². The Morgan fingerprint density at radius 1 is 1.04 bits per heavy atom. The Balaban J connectivity index is 1.48. The van der Waals surface area contributed by atoms with Gasteiger partial charge in [0.15, 0.2) is 4.67 Å². The van der Waals surface area contributed by atoms with E-state index in [1.165, 1.54) is 18.4 Å². The first-order chi connectivity index (χ1) is 13.1. The van der Waals surface area contributed by atoms with Gasteiger partial charge in [0.05, 0.1) is 12.1 Å². The highest BCUT2D eigenvalue weighted by Crippen LogP contribution is 2.50. The minimum atomic E-state index is -0.168. The minimum Gasteiger partial charge on any atom is -0.453 e. The lowest BCUT2D eigenvalue weighted by atomic mass is 9.66. The van der Waals surface area contributed by atoms with Crippen LogP contribution in [0.3, 0.4) is 0 Å². The van der Waals surface area contributed by atoms with Crippen LogP contribution in [0.4, 0.5) is 4.39 Å². The van der Waals surface area contributed by atoms with Crippen molar-refractivity contribution in [1.82, 2.24) is 5.32 Å². The summed E-state index contributed by atoms with van der Waals surface area (Å²) in [5, 5.41) is 3.52. The lowest BCUT2D eigenvalue weighted by molar-refractivity contribution is -0.103. The summed E-state index contributed by atoms with van der Waals surface area (Å²) in [5.74, 6) is 0.759. The smallest absolute Gasteiger partial charge is 0.169 e. The molecule has 3 nitrogen and oxygen atoms in total. The Labute approximate surface area is 168 Å². The van der Waals surface area contributed by atoms with E-state index in [-0.39, 0.29) is 16.8 Å². The molecular formula is C22H27BrFNO2. The highest BCUT2D eigenvalue weighted by Gasteiger charge is 2.47. The van der Waals surface area contributed by atoms with E-state index in [0.717, 1.165) is 55.7 Å². The first kappa shape index (κ1) is 19.2. The number of rotatable bonds is 6. The normalized spacial score (nSPS) is 24.5. The standard InChI is InChI=1S/C22H27BrFNO2/c23-20-8-7-19(27-20)15-25-13-11-21(17-3-5-18(24)6-4-17)12-14-26-22(16-21)9-1-2-10-22/h3-8,25H,1-2,9-16H2/t21-/m1/s1. The molecule has 2 aromatic rings. The molecule has 27 heavy (non-hydrogen) atoms. The van der Waals surface area contributed by atoms with Crippen LogP contribution >= 0.6 is 15.9 Å². The fraction of sp³-hybridized carbons (Fsp3) is 0.545. The summed E-state index contributed by atoms with van der Waals surface area (Å²) in [6.45, 7) is 2.40. The van der Waals surface area contributed by atoms with Gasteiger partial charge < -0.3 is 14.5 Å². The third-order valence-electron chi connectivity index (χ3n) is 6.33. The monoisotopic (exact) mass is 435 g/mol. The van der Waals surface area contributed by atoms with Gasteiger partial charge in [-0.1, -0.05) is 25.0 Å². The van der Waals surface area contributed by atoms with E-state index in [1.54, 1.807) is 12.1 Å². The molecule has 0 bridgehead atoms. The van der Waals surface area contributed by atoms with Crippen molar-refractivity contribution in [1.29, 1.82) is 0 Å². The molecule has 0 radical (unpaired) electrons. The summed E-state index contributed by atoms with van der Waals surface area (Å²) in [6, 6.07) is 11.1. The maximum absolute atomic E-state index is 13.5. The van der Waals surface area contributed by atoms with Gasteiger partial charge in [0.1, 0.15) is 11.6 Å². The molecule has 2 aliphatic rings. The van der Waals surface area contributed by atoms with Gasteiger partial charge in [-0.05, 0) is 84.4 Å². The molecule has 4 rings (SSSR count). The predicted molar refractivity (Wildman–Crippen MR) is 107 cm³/mol. The summed E-state index contributed by atoms with van der Waals surface area (Å²) in [4.78, 5) is 0. The second kappa shape index (κ2) is 8.06. The summed E-state index contributed by atoms with van der Waals surface area (Å²) in [7, 11) is 0. The fourth-order valence-electron chi connectivity index (χ4n) is 4.95. The Morgan fingerprint density at radius 3 is 2.52 bits per heavy atom. The van der Waals surface area contributed by atoms with E-state index >= 15 is 0 Å². The van der Waals surface area contributed by atoms with Crippen LogP contribution in [0.15, 0.2) is 45.5 Å². The van der Waals surface area contributed by atoms with E-state index in [0.29, 0.717) is 6.54 Å². The Hall–Kier alpha value is -1.17. The molecule has 0 unspecified atom stereocenters. The van der Waals surface area contributed by atoms with Crippen molar-refractivity contribution in [2.24, 2.45) is 0 Å². The Morgan fingerprint density at radius 2 is 1.81 bits per heavy atom. The van der Waals surface area contributed by atoms with Gasteiger partial charge in [0.25, 0.3) is 0 Å². The largest absolute Gasteiger partial charge is 0.453 e. The molecule has 1 aliphatic heterocycles. The maximum Gasteiger partial charge on any atom is 0.169 e. The van der Waals surface area contributed by atoms with Crippen LogP contribution in [0.2, 0.25) is 0 Å². The van der Waals surface area contributed by atoms with Gasteiger partial charge in [0.2, 0.25) is 0 Å². The van der Waals surface area contributed by atoms with Crippen LogP contribution in [0.25, 0.3) is 0 Å². The number of hydrogen-bond donors (Lipinski definition) is 1. The second-order valence-corrected chi connectivity index (χ2v) is 8.87. The molecule has 1 saturated heterocycles. The van der Waals surface area contributed by atoms with E-state index in [1.807, 2.05) is 24.3 Å². The molecule has 1 atom stereocenters. The van der Waals surface area contributed by atoms with Crippen LogP contribution in [-0.2, 0) is 16.7 Å². The van der Waals surface area contributed by atoms with Crippen LogP contribution < -0.4 is 5.32 Å². The number of nitrogens with one attached hydrogen (secondary N) is 1. The summed E-state index contributed by atoms with van der Waals surface area (Å²) >= 11 is 3.34. The highest BCUT2D eigenvalue weighted by molar-refractivity contribution is 9.10. The molecule has 1 aromatic heterocycles. The van der Waals surface area contributed by atoms with Crippen molar-refractivity contribution in [3.05, 3.63) is 58.2 Å². The quantitative estimate of drug-likeness (QED) is 0.588. The second-order valence-electron chi connectivity index (χ2n) is 8.09. The van der Waals surface area contributed by atoms with E-state index in [2.05, 4.69) is 21.2 Å². The minimum absolute atomic E-state index is 0.0263. The number of benzene rings is 1. The summed E-state index contributed by atoms with van der Waals surface area (Å²) < 4.78 is 26.1. The molecule has 5 heteroatoms. The molecular weight excluding hydrogens is 409 g/mol. The zero-order chi connectivity index (χ0) is 18.7. The average molecular weight is 436 g/mol. The van der Waals surface area contributed by atoms with Crippen molar-refractivity contribution < 1.29 is 13.5 Å². The molecule has 2 fully saturated rings. The molecule has 1 aromatic carbocycles. The fourth-order valence-corrected chi connectivity index (χ4v) is 5.29. The van der Waals surface area contributed by atoms with E-state index in [9.17, 15) is 4.39 Å². The summed E-state index contributed by atoms with van der Waals surface area (Å²) in [5.41, 5.74) is 1.33. The van der Waals surface area contributed by atoms with Crippen molar-refractivity contribution in [2.75, 3.05) is 13.2 Å². The van der Waals surface area contributed by atoms with Crippen LogP contribution in [0, 0.1) is 5.82 Å². The first-order valence-electron chi connectivity index (χ1n) is 9.94. The van der Waals surface area contributed by atoms with Crippen molar-refractivity contribution in [3.8, 4) is 0 Å². The molecule has 146 valence electrons. The number of hydrogen-bond acceptors (Lipinski definition) is 3. The van der Waals surface area contributed by atoms with Gasteiger partial charge in [-0.25, -0.2) is 4.39 Å². The third kappa shape index (κ3) is 4.30. The molecule has 1 aliphatic carbocycles. The zero-order valence-electron chi connectivity index (χ0n) is 15.6. The number of halogens is 2.